The van der Waals surface area contributed by atoms with Crippen molar-refractivity contribution in [3.63, 3.8) is 0 Å². The predicted molar refractivity (Wildman–Crippen MR) is 119 cm³/mol. The molecule has 1 saturated carbocycles. The van der Waals surface area contributed by atoms with Gasteiger partial charge in [0.25, 0.3) is 0 Å². The molecule has 1 fully saturated rings. The van der Waals surface area contributed by atoms with E-state index < -0.39 is 11.9 Å². The molecule has 0 heterocycles. The maximum Gasteiger partial charge on any atom is 0.338 e. The molecule has 0 radical (unpaired) electrons. The average molecular weight is 425 g/mol. The molecule has 1 aromatic rings. The summed E-state index contributed by atoms with van der Waals surface area (Å²) in [7, 11) is 1.53. The van der Waals surface area contributed by atoms with Crippen LogP contribution in [0.4, 0.5) is 0 Å². The fourth-order valence-corrected chi connectivity index (χ4v) is 4.34. The molecule has 31 heavy (non-hydrogen) atoms. The number of hydrogen-bond acceptors (Lipinski definition) is 5. The highest BCUT2D eigenvalue weighted by Gasteiger charge is 2.46. The van der Waals surface area contributed by atoms with E-state index in [1.54, 1.807) is 6.92 Å². The van der Waals surface area contributed by atoms with Crippen LogP contribution in [0.5, 0.6) is 0 Å². The van der Waals surface area contributed by atoms with E-state index in [0.29, 0.717) is 24.0 Å². The van der Waals surface area contributed by atoms with Gasteiger partial charge in [-0.3, -0.25) is 4.79 Å². The molecule has 7 nitrogen and oxygen atoms in total. The number of carbonyl (C=O) groups is 1. The lowest BCUT2D eigenvalue weighted by Crippen LogP contribution is -2.43. The minimum absolute atomic E-state index is 0.204. The second kappa shape index (κ2) is 10.8. The third-order valence-electron chi connectivity index (χ3n) is 5.90. The Morgan fingerprint density at radius 3 is 2.48 bits per heavy atom. The minimum atomic E-state index is -0.926. The summed E-state index contributed by atoms with van der Waals surface area (Å²) >= 11 is 0. The summed E-state index contributed by atoms with van der Waals surface area (Å²) in [5.74, 6) is -0.984. The zero-order chi connectivity index (χ0) is 22.2. The molecule has 166 valence electrons. The second-order valence-corrected chi connectivity index (χ2v) is 7.93. The lowest BCUT2D eigenvalue weighted by molar-refractivity contribution is -0.146. The van der Waals surface area contributed by atoms with Crippen molar-refractivity contribution in [3.05, 3.63) is 64.2 Å². The van der Waals surface area contributed by atoms with Crippen molar-refractivity contribution in [2.24, 2.45) is 5.92 Å². The molecular weight excluding hydrogens is 392 g/mol. The lowest BCUT2D eigenvalue weighted by Gasteiger charge is -2.31. The van der Waals surface area contributed by atoms with E-state index in [1.165, 1.54) is 26.4 Å². The third-order valence-corrected chi connectivity index (χ3v) is 5.90. The molecule has 0 aliphatic heterocycles. The summed E-state index contributed by atoms with van der Waals surface area (Å²) in [5.41, 5.74) is 13.5. The molecule has 0 saturated heterocycles. The number of rotatable bonds is 8. The van der Waals surface area contributed by atoms with Gasteiger partial charge in [0, 0.05) is 18.2 Å². The number of nitrogens with one attached hydrogen (secondary N) is 2. The first-order valence-corrected chi connectivity index (χ1v) is 11.0. The predicted octanol–water partition coefficient (Wildman–Crippen LogP) is 3.69. The first-order chi connectivity index (χ1) is 15.1. The SMILES string of the molecule is CCOC(=O)C1C(=[N+]=[N-])C(NCc2ccccc2)=C(NC2CCCCC2)C(C)=C1OC. The minimum Gasteiger partial charge on any atom is -0.499 e. The average Bonchev–Trinajstić information content (AvgIpc) is 2.80. The molecule has 1 atom stereocenters. The van der Waals surface area contributed by atoms with Crippen LogP contribution in [0.25, 0.3) is 5.53 Å². The summed E-state index contributed by atoms with van der Waals surface area (Å²) in [6.07, 6.45) is 5.78. The first kappa shape index (κ1) is 22.6. The van der Waals surface area contributed by atoms with Crippen LogP contribution >= 0.6 is 0 Å². The number of ether oxygens (including phenoxy) is 2. The lowest BCUT2D eigenvalue weighted by atomic mass is 9.86. The topological polar surface area (TPSA) is 96.0 Å². The van der Waals surface area contributed by atoms with Crippen molar-refractivity contribution in [3.8, 4) is 0 Å². The van der Waals surface area contributed by atoms with Crippen LogP contribution in [0.15, 0.2) is 53.1 Å². The quantitative estimate of drug-likeness (QED) is 0.377. The van der Waals surface area contributed by atoms with Crippen molar-refractivity contribution < 1.29 is 19.1 Å². The van der Waals surface area contributed by atoms with Crippen molar-refractivity contribution in [2.45, 2.75) is 58.5 Å². The highest BCUT2D eigenvalue weighted by Crippen LogP contribution is 2.33. The summed E-state index contributed by atoms with van der Waals surface area (Å²) in [5, 5.41) is 7.06. The Bertz CT molecular complexity index is 895. The Morgan fingerprint density at radius 2 is 1.87 bits per heavy atom. The van der Waals surface area contributed by atoms with Gasteiger partial charge >= 0.3 is 11.7 Å². The Morgan fingerprint density at radius 1 is 1.16 bits per heavy atom. The number of esters is 1. The van der Waals surface area contributed by atoms with E-state index in [2.05, 4.69) is 15.4 Å². The van der Waals surface area contributed by atoms with Crippen LogP contribution in [0, 0.1) is 5.92 Å². The largest absolute Gasteiger partial charge is 0.499 e. The third kappa shape index (κ3) is 5.17. The van der Waals surface area contributed by atoms with Gasteiger partial charge < -0.3 is 25.6 Å². The van der Waals surface area contributed by atoms with E-state index in [1.807, 2.05) is 37.3 Å². The van der Waals surface area contributed by atoms with Crippen LogP contribution in [-0.2, 0) is 20.8 Å². The molecule has 0 amide bonds. The van der Waals surface area contributed by atoms with Gasteiger partial charge in [-0.05, 0) is 32.3 Å². The fourth-order valence-electron chi connectivity index (χ4n) is 4.34. The molecule has 0 bridgehead atoms. The van der Waals surface area contributed by atoms with Crippen molar-refractivity contribution >= 4 is 11.7 Å². The van der Waals surface area contributed by atoms with Crippen LogP contribution < -0.4 is 10.6 Å². The normalized spacial score (nSPS) is 19.7. The highest BCUT2D eigenvalue weighted by molar-refractivity contribution is 6.12. The smallest absolute Gasteiger partial charge is 0.338 e. The Balaban J connectivity index is 2.03. The number of hydrogen-bond donors (Lipinski definition) is 2. The van der Waals surface area contributed by atoms with Gasteiger partial charge in [0.2, 0.25) is 5.92 Å². The first-order valence-electron chi connectivity index (χ1n) is 11.0. The van der Waals surface area contributed by atoms with Gasteiger partial charge in [-0.1, -0.05) is 49.6 Å². The number of carbonyl (C=O) groups excluding carboxylic acids is 1. The zero-order valence-corrected chi connectivity index (χ0v) is 18.6. The zero-order valence-electron chi connectivity index (χ0n) is 18.6. The van der Waals surface area contributed by atoms with Gasteiger partial charge in [0.05, 0.1) is 19.4 Å². The van der Waals surface area contributed by atoms with Gasteiger partial charge in [-0.15, -0.1) is 0 Å². The second-order valence-electron chi connectivity index (χ2n) is 7.93. The Hall–Kier alpha value is -3.05. The van der Waals surface area contributed by atoms with Gasteiger partial charge in [-0.2, -0.15) is 4.79 Å². The number of benzene rings is 1. The molecule has 0 aromatic heterocycles. The van der Waals surface area contributed by atoms with Gasteiger partial charge in [0.15, 0.2) is 0 Å². The van der Waals surface area contributed by atoms with E-state index in [0.717, 1.165) is 29.7 Å². The van der Waals surface area contributed by atoms with Crippen LogP contribution in [-0.4, -0.2) is 36.2 Å². The maximum absolute atomic E-state index is 12.8. The fraction of sp³-hybridized carbons (Fsp3) is 0.500. The Labute approximate surface area is 184 Å². The monoisotopic (exact) mass is 424 g/mol. The molecule has 7 heteroatoms. The van der Waals surface area contributed by atoms with Crippen molar-refractivity contribution in [1.82, 2.24) is 10.6 Å². The number of nitrogens with zero attached hydrogens (tertiary/aromatic N) is 2. The van der Waals surface area contributed by atoms with Crippen molar-refractivity contribution in [1.29, 1.82) is 0 Å². The maximum atomic E-state index is 12.8. The van der Waals surface area contributed by atoms with Gasteiger partial charge in [0.1, 0.15) is 11.5 Å². The van der Waals surface area contributed by atoms with E-state index in [9.17, 15) is 10.3 Å². The standard InChI is InChI=1S/C24H32N4O3/c1-4-31-24(29)19-21(28-25)22(26-15-17-11-7-5-8-12-17)20(16(2)23(19)30-3)27-18-13-9-6-10-14-18/h5,7-8,11-12,18-19,26-27H,4,6,9-10,13-15H2,1-3H3. The van der Waals surface area contributed by atoms with Crippen LogP contribution in [0.3, 0.4) is 0 Å². The highest BCUT2D eigenvalue weighted by atomic mass is 16.5. The van der Waals surface area contributed by atoms with Crippen LogP contribution in [0.1, 0.15) is 51.5 Å². The van der Waals surface area contributed by atoms with Gasteiger partial charge in [-0.25, -0.2) is 0 Å². The van der Waals surface area contributed by atoms with E-state index in [4.69, 9.17) is 9.47 Å². The van der Waals surface area contributed by atoms with Crippen molar-refractivity contribution in [2.75, 3.05) is 13.7 Å². The number of methoxy groups -OCH3 is 1. The molecule has 1 aromatic carbocycles. The van der Waals surface area contributed by atoms with Crippen LogP contribution in [0.2, 0.25) is 0 Å². The summed E-state index contributed by atoms with van der Waals surface area (Å²) in [6, 6.07) is 10.3. The summed E-state index contributed by atoms with van der Waals surface area (Å²) in [6.45, 7) is 4.43. The molecule has 0 spiro atoms. The molecule has 1 unspecified atom stereocenters. The summed E-state index contributed by atoms with van der Waals surface area (Å²) < 4.78 is 10.9. The van der Waals surface area contributed by atoms with E-state index in [-0.39, 0.29) is 12.3 Å². The number of allylic oxidation sites excluding steroid dienone is 2. The van der Waals surface area contributed by atoms with E-state index >= 15 is 0 Å². The molecule has 2 N–H and O–H groups in total. The molecule has 3 rings (SSSR count). The summed E-state index contributed by atoms with van der Waals surface area (Å²) in [4.78, 5) is 16.3. The molecular formula is C24H32N4O3. The molecule has 2 aliphatic carbocycles. The molecule has 2 aliphatic rings. The Kier molecular flexibility index (Phi) is 7.90.